The first-order valence-electron chi connectivity index (χ1n) is 5.47. The predicted molar refractivity (Wildman–Crippen MR) is 70.8 cm³/mol. The Morgan fingerprint density at radius 1 is 1.47 bits per heavy atom. The highest BCUT2D eigenvalue weighted by molar-refractivity contribution is 6.37. The number of methoxy groups -OCH3 is 1. The van der Waals surface area contributed by atoms with E-state index in [1.165, 1.54) is 6.42 Å². The average Bonchev–Trinajstić information content (AvgIpc) is 2.24. The van der Waals surface area contributed by atoms with Crippen molar-refractivity contribution < 1.29 is 4.74 Å². The molecule has 0 aliphatic heterocycles. The number of rotatable bonds is 4. The Balaban J connectivity index is 2.06. The SMILES string of the molecule is COC1(CNc2nc(N)c(Cl)cc2Cl)CCC1. The summed E-state index contributed by atoms with van der Waals surface area (Å²) >= 11 is 11.8. The number of anilines is 2. The summed E-state index contributed by atoms with van der Waals surface area (Å²) in [6.07, 6.45) is 3.30. The fraction of sp³-hybridized carbons (Fsp3) is 0.545. The number of ether oxygens (including phenoxy) is 1. The van der Waals surface area contributed by atoms with Crippen molar-refractivity contribution >= 4 is 34.8 Å². The third-order valence-electron chi connectivity index (χ3n) is 3.23. The van der Waals surface area contributed by atoms with Crippen molar-refractivity contribution in [2.75, 3.05) is 24.7 Å². The van der Waals surface area contributed by atoms with Gasteiger partial charge in [0.2, 0.25) is 0 Å². The number of nitrogens with zero attached hydrogens (tertiary/aromatic N) is 1. The number of hydrogen-bond donors (Lipinski definition) is 2. The van der Waals surface area contributed by atoms with Crippen molar-refractivity contribution in [2.24, 2.45) is 0 Å². The predicted octanol–water partition coefficient (Wildman–Crippen LogP) is 2.95. The number of halogens is 2. The minimum absolute atomic E-state index is 0.0839. The first-order chi connectivity index (χ1) is 8.06. The lowest BCUT2D eigenvalue weighted by atomic mass is 9.80. The molecular weight excluding hydrogens is 261 g/mol. The van der Waals surface area contributed by atoms with Crippen LogP contribution in [0.1, 0.15) is 19.3 Å². The summed E-state index contributed by atoms with van der Waals surface area (Å²) in [5.41, 5.74) is 5.55. The zero-order valence-corrected chi connectivity index (χ0v) is 11.1. The smallest absolute Gasteiger partial charge is 0.147 e. The van der Waals surface area contributed by atoms with Crippen LogP contribution in [0.3, 0.4) is 0 Å². The summed E-state index contributed by atoms with van der Waals surface area (Å²) in [5, 5.41) is 4.00. The summed E-state index contributed by atoms with van der Waals surface area (Å²) in [6, 6.07) is 1.59. The van der Waals surface area contributed by atoms with Crippen LogP contribution in [0.5, 0.6) is 0 Å². The Hall–Kier alpha value is -0.710. The van der Waals surface area contributed by atoms with Crippen molar-refractivity contribution in [3.63, 3.8) is 0 Å². The van der Waals surface area contributed by atoms with Crippen LogP contribution in [0.25, 0.3) is 0 Å². The third kappa shape index (κ3) is 2.59. The van der Waals surface area contributed by atoms with E-state index in [0.717, 1.165) is 12.8 Å². The van der Waals surface area contributed by atoms with Gasteiger partial charge in [0.25, 0.3) is 0 Å². The van der Waals surface area contributed by atoms with E-state index in [9.17, 15) is 0 Å². The van der Waals surface area contributed by atoms with E-state index in [1.54, 1.807) is 13.2 Å². The molecule has 1 aromatic heterocycles. The lowest BCUT2D eigenvalue weighted by Crippen LogP contribution is -2.45. The Morgan fingerprint density at radius 2 is 2.18 bits per heavy atom. The second-order valence-corrected chi connectivity index (χ2v) is 5.09. The molecule has 4 nitrogen and oxygen atoms in total. The van der Waals surface area contributed by atoms with Crippen LogP contribution < -0.4 is 11.1 Å². The van der Waals surface area contributed by atoms with Crippen molar-refractivity contribution in [3.05, 3.63) is 16.1 Å². The number of nitrogens with one attached hydrogen (secondary N) is 1. The standard InChI is InChI=1S/C11H15Cl2N3O/c1-17-11(3-2-4-11)6-15-10-8(13)5-7(12)9(14)16-10/h5H,2-4,6H2,1H3,(H3,14,15,16). The minimum Gasteiger partial charge on any atom is -0.382 e. The molecule has 0 unspecified atom stereocenters. The molecule has 0 bridgehead atoms. The Bertz CT molecular complexity index is 416. The molecule has 1 aromatic rings. The normalized spacial score (nSPS) is 17.6. The molecule has 1 heterocycles. The van der Waals surface area contributed by atoms with Crippen molar-refractivity contribution in [1.29, 1.82) is 0 Å². The van der Waals surface area contributed by atoms with Gasteiger partial charge in [-0.25, -0.2) is 4.98 Å². The number of pyridine rings is 1. The average molecular weight is 276 g/mol. The molecule has 1 aliphatic rings. The van der Waals surface area contributed by atoms with Crippen molar-refractivity contribution in [2.45, 2.75) is 24.9 Å². The van der Waals surface area contributed by atoms with Crippen LogP contribution >= 0.6 is 23.2 Å². The summed E-state index contributed by atoms with van der Waals surface area (Å²) in [5.74, 6) is 0.829. The van der Waals surface area contributed by atoms with E-state index in [-0.39, 0.29) is 11.4 Å². The van der Waals surface area contributed by atoms with E-state index in [1.807, 2.05) is 0 Å². The second kappa shape index (κ2) is 4.88. The largest absolute Gasteiger partial charge is 0.382 e. The molecule has 1 fully saturated rings. The minimum atomic E-state index is -0.0839. The molecule has 2 rings (SSSR count). The Kier molecular flexibility index (Phi) is 3.66. The number of hydrogen-bond acceptors (Lipinski definition) is 4. The van der Waals surface area contributed by atoms with Crippen molar-refractivity contribution in [3.8, 4) is 0 Å². The summed E-state index contributed by atoms with van der Waals surface area (Å²) < 4.78 is 5.50. The molecule has 0 aromatic carbocycles. The topological polar surface area (TPSA) is 60.2 Å². The first kappa shape index (κ1) is 12.7. The van der Waals surface area contributed by atoms with Crippen LogP contribution in [-0.2, 0) is 4.74 Å². The highest BCUT2D eigenvalue weighted by Gasteiger charge is 2.36. The molecule has 0 saturated heterocycles. The van der Waals surface area contributed by atoms with Gasteiger partial charge in [-0.1, -0.05) is 23.2 Å². The van der Waals surface area contributed by atoms with E-state index in [4.69, 9.17) is 33.7 Å². The maximum Gasteiger partial charge on any atom is 0.147 e. The number of aromatic nitrogens is 1. The molecule has 1 aliphatic carbocycles. The maximum absolute atomic E-state index is 6.03. The van der Waals surface area contributed by atoms with Crippen LogP contribution in [0.4, 0.5) is 11.6 Å². The molecule has 0 amide bonds. The van der Waals surface area contributed by atoms with Gasteiger partial charge in [0.15, 0.2) is 0 Å². The zero-order chi connectivity index (χ0) is 12.5. The van der Waals surface area contributed by atoms with Gasteiger partial charge in [-0.3, -0.25) is 0 Å². The van der Waals surface area contributed by atoms with E-state index in [0.29, 0.717) is 22.4 Å². The third-order valence-corrected chi connectivity index (χ3v) is 3.82. The molecule has 17 heavy (non-hydrogen) atoms. The van der Waals surface area contributed by atoms with E-state index in [2.05, 4.69) is 10.3 Å². The van der Waals surface area contributed by atoms with Crippen LogP contribution in [0.15, 0.2) is 6.07 Å². The molecular formula is C11H15Cl2N3O. The molecule has 6 heteroatoms. The number of nitrogen functional groups attached to an aromatic ring is 1. The van der Waals surface area contributed by atoms with Gasteiger partial charge in [-0.15, -0.1) is 0 Å². The van der Waals surface area contributed by atoms with Gasteiger partial charge < -0.3 is 15.8 Å². The van der Waals surface area contributed by atoms with E-state index >= 15 is 0 Å². The zero-order valence-electron chi connectivity index (χ0n) is 9.59. The van der Waals surface area contributed by atoms with Gasteiger partial charge in [-0.2, -0.15) is 0 Å². The maximum atomic E-state index is 6.03. The molecule has 3 N–H and O–H groups in total. The quantitative estimate of drug-likeness (QED) is 0.887. The molecule has 0 atom stereocenters. The molecule has 94 valence electrons. The monoisotopic (exact) mass is 275 g/mol. The highest BCUT2D eigenvalue weighted by atomic mass is 35.5. The van der Waals surface area contributed by atoms with Crippen molar-refractivity contribution in [1.82, 2.24) is 4.98 Å². The lowest BCUT2D eigenvalue weighted by molar-refractivity contribution is -0.0601. The fourth-order valence-electron chi connectivity index (χ4n) is 1.87. The Labute approximate surface area is 110 Å². The summed E-state index contributed by atoms with van der Waals surface area (Å²) in [7, 11) is 1.73. The highest BCUT2D eigenvalue weighted by Crippen LogP contribution is 2.36. The lowest BCUT2D eigenvalue weighted by Gasteiger charge is -2.40. The number of nitrogens with two attached hydrogens (primary N) is 1. The second-order valence-electron chi connectivity index (χ2n) is 4.28. The summed E-state index contributed by atoms with van der Waals surface area (Å²) in [4.78, 5) is 4.12. The van der Waals surface area contributed by atoms with Crippen LogP contribution in [0.2, 0.25) is 10.0 Å². The fourth-order valence-corrected chi connectivity index (χ4v) is 2.30. The van der Waals surface area contributed by atoms with Gasteiger partial charge >= 0.3 is 0 Å². The molecule has 1 saturated carbocycles. The Morgan fingerprint density at radius 3 is 2.71 bits per heavy atom. The van der Waals surface area contributed by atoms with Gasteiger partial charge in [0.1, 0.15) is 11.6 Å². The van der Waals surface area contributed by atoms with Gasteiger partial charge in [0.05, 0.1) is 15.6 Å². The summed E-state index contributed by atoms with van der Waals surface area (Å²) in [6.45, 7) is 0.678. The van der Waals surface area contributed by atoms with Gasteiger partial charge in [0, 0.05) is 13.7 Å². The van der Waals surface area contributed by atoms with Crippen LogP contribution in [0, 0.1) is 0 Å². The van der Waals surface area contributed by atoms with E-state index < -0.39 is 0 Å². The molecule has 0 spiro atoms. The van der Waals surface area contributed by atoms with Gasteiger partial charge in [-0.05, 0) is 25.3 Å². The first-order valence-corrected chi connectivity index (χ1v) is 6.22. The van der Waals surface area contributed by atoms with Crippen LogP contribution in [-0.4, -0.2) is 24.2 Å². The molecule has 0 radical (unpaired) electrons.